The number of benzene rings is 1. The van der Waals surface area contributed by atoms with Crippen LogP contribution in [0.1, 0.15) is 16.8 Å². The predicted molar refractivity (Wildman–Crippen MR) is 115 cm³/mol. The van der Waals surface area contributed by atoms with Crippen molar-refractivity contribution in [2.45, 2.75) is 25.9 Å². The maximum absolute atomic E-state index is 12.2. The van der Waals surface area contributed by atoms with Crippen molar-refractivity contribution in [1.29, 1.82) is 0 Å². The summed E-state index contributed by atoms with van der Waals surface area (Å²) in [4.78, 5) is 6.29. The zero-order valence-corrected chi connectivity index (χ0v) is 18.5. The minimum absolute atomic E-state index is 0. The molecule has 0 amide bonds. The number of nitrogens with one attached hydrogen (secondary N) is 1. The van der Waals surface area contributed by atoms with E-state index in [0.29, 0.717) is 18.7 Å². The Bertz CT molecular complexity index is 762. The molecule has 5 nitrogen and oxygen atoms in total. The van der Waals surface area contributed by atoms with Crippen LogP contribution in [0.5, 0.6) is 0 Å². The fourth-order valence-electron chi connectivity index (χ4n) is 2.66. The van der Waals surface area contributed by atoms with Crippen LogP contribution in [0.3, 0.4) is 0 Å². The van der Waals surface area contributed by atoms with Crippen LogP contribution in [0.25, 0.3) is 0 Å². The Morgan fingerprint density at radius 1 is 1.21 bits per heavy atom. The van der Waals surface area contributed by atoms with Crippen molar-refractivity contribution in [2.24, 2.45) is 12.0 Å². The van der Waals surface area contributed by atoms with Crippen LogP contribution in [-0.2, 0) is 31.5 Å². The van der Waals surface area contributed by atoms with Gasteiger partial charge in [0.15, 0.2) is 5.96 Å². The molecular formula is C19H26F3IN4O. The van der Waals surface area contributed by atoms with Gasteiger partial charge in [0, 0.05) is 39.6 Å². The lowest BCUT2D eigenvalue weighted by molar-refractivity contribution is -0.176. The highest BCUT2D eigenvalue weighted by atomic mass is 127. The van der Waals surface area contributed by atoms with E-state index in [4.69, 9.17) is 4.74 Å². The van der Waals surface area contributed by atoms with Crippen LogP contribution in [0.15, 0.2) is 47.6 Å². The first-order valence-electron chi connectivity index (χ1n) is 8.53. The zero-order valence-electron chi connectivity index (χ0n) is 16.2. The molecule has 2 rings (SSSR count). The van der Waals surface area contributed by atoms with Gasteiger partial charge >= 0.3 is 6.18 Å². The van der Waals surface area contributed by atoms with Gasteiger partial charge in [-0.25, -0.2) is 0 Å². The summed E-state index contributed by atoms with van der Waals surface area (Å²) in [6, 6.07) is 11.3. The van der Waals surface area contributed by atoms with Crippen molar-refractivity contribution in [2.75, 3.05) is 20.7 Å². The van der Waals surface area contributed by atoms with Gasteiger partial charge < -0.3 is 19.5 Å². The molecule has 0 bridgehead atoms. The molecule has 1 N–H and O–H groups in total. The van der Waals surface area contributed by atoms with Crippen LogP contribution in [0.4, 0.5) is 13.2 Å². The van der Waals surface area contributed by atoms with E-state index in [1.165, 1.54) is 0 Å². The van der Waals surface area contributed by atoms with Gasteiger partial charge in [0.05, 0.1) is 13.2 Å². The summed E-state index contributed by atoms with van der Waals surface area (Å²) in [7, 11) is 5.65. The van der Waals surface area contributed by atoms with Gasteiger partial charge in [-0.3, -0.25) is 4.99 Å². The molecule has 0 fully saturated rings. The molecule has 1 aromatic heterocycles. The highest BCUT2D eigenvalue weighted by Crippen LogP contribution is 2.16. The van der Waals surface area contributed by atoms with Crippen molar-refractivity contribution in [1.82, 2.24) is 14.8 Å². The second-order valence-corrected chi connectivity index (χ2v) is 6.30. The Morgan fingerprint density at radius 2 is 1.93 bits per heavy atom. The van der Waals surface area contributed by atoms with Crippen LogP contribution in [0, 0.1) is 0 Å². The van der Waals surface area contributed by atoms with Gasteiger partial charge in [-0.1, -0.05) is 24.3 Å². The number of ether oxygens (including phenoxy) is 1. The number of halogens is 4. The molecule has 1 heterocycles. The number of hydrogen-bond acceptors (Lipinski definition) is 2. The Kier molecular flexibility index (Phi) is 9.80. The first kappa shape index (κ1) is 24.3. The van der Waals surface area contributed by atoms with Gasteiger partial charge in [-0.2, -0.15) is 13.2 Å². The summed E-state index contributed by atoms with van der Waals surface area (Å²) in [5.41, 5.74) is 2.80. The minimum atomic E-state index is -4.31. The van der Waals surface area contributed by atoms with Gasteiger partial charge in [-0.05, 0) is 23.3 Å². The van der Waals surface area contributed by atoms with Crippen LogP contribution in [-0.4, -0.2) is 42.3 Å². The molecule has 0 atom stereocenters. The molecule has 0 aliphatic rings. The van der Waals surface area contributed by atoms with E-state index in [1.807, 2.05) is 54.0 Å². The molecule has 0 saturated carbocycles. The molecule has 0 saturated heterocycles. The van der Waals surface area contributed by atoms with E-state index in [2.05, 4.69) is 10.3 Å². The fraction of sp³-hybridized carbons (Fsp3) is 0.421. The van der Waals surface area contributed by atoms with Crippen molar-refractivity contribution >= 4 is 29.9 Å². The molecule has 1 aromatic carbocycles. The first-order valence-corrected chi connectivity index (χ1v) is 8.53. The van der Waals surface area contributed by atoms with E-state index in [-0.39, 0.29) is 30.6 Å². The quantitative estimate of drug-likeness (QED) is 0.349. The van der Waals surface area contributed by atoms with Crippen molar-refractivity contribution in [3.8, 4) is 0 Å². The van der Waals surface area contributed by atoms with Crippen molar-refractivity contribution < 1.29 is 17.9 Å². The number of aliphatic imine (C=N–C) groups is 1. The number of hydrogen-bond donors (Lipinski definition) is 1. The molecule has 0 spiro atoms. The third-order valence-corrected chi connectivity index (χ3v) is 4.00. The van der Waals surface area contributed by atoms with Crippen LogP contribution >= 0.6 is 24.0 Å². The molecule has 0 unspecified atom stereocenters. The Morgan fingerprint density at radius 3 is 2.54 bits per heavy atom. The summed E-state index contributed by atoms with van der Waals surface area (Å²) in [6.07, 6.45) is -2.32. The molecule has 28 heavy (non-hydrogen) atoms. The van der Waals surface area contributed by atoms with Crippen LogP contribution in [0.2, 0.25) is 0 Å². The molecule has 9 heteroatoms. The average molecular weight is 510 g/mol. The van der Waals surface area contributed by atoms with Crippen molar-refractivity contribution in [3.63, 3.8) is 0 Å². The molecule has 0 aliphatic heterocycles. The van der Waals surface area contributed by atoms with Gasteiger partial charge in [-0.15, -0.1) is 24.0 Å². The SMILES string of the molecule is CN=C(NCc1cccc(COCC(F)(F)F)c1)N(C)Cc1cccn1C.I. The summed E-state index contributed by atoms with van der Waals surface area (Å²) >= 11 is 0. The topological polar surface area (TPSA) is 41.8 Å². The lowest BCUT2D eigenvalue weighted by Gasteiger charge is -2.22. The Labute approximate surface area is 180 Å². The summed E-state index contributed by atoms with van der Waals surface area (Å²) in [5, 5.41) is 3.27. The summed E-state index contributed by atoms with van der Waals surface area (Å²) in [6.45, 7) is -0.104. The van der Waals surface area contributed by atoms with E-state index >= 15 is 0 Å². The molecule has 2 aromatic rings. The van der Waals surface area contributed by atoms with E-state index in [1.54, 1.807) is 19.2 Å². The normalized spacial score (nSPS) is 11.9. The highest BCUT2D eigenvalue weighted by molar-refractivity contribution is 14.0. The van der Waals surface area contributed by atoms with Gasteiger partial charge in [0.1, 0.15) is 6.61 Å². The maximum atomic E-state index is 12.2. The second kappa shape index (κ2) is 11.3. The molecule has 0 radical (unpaired) electrons. The average Bonchev–Trinajstić information content (AvgIpc) is 2.99. The monoisotopic (exact) mass is 510 g/mol. The Balaban J connectivity index is 0.00000392. The number of rotatable bonds is 7. The second-order valence-electron chi connectivity index (χ2n) is 6.30. The summed E-state index contributed by atoms with van der Waals surface area (Å²) in [5.74, 6) is 0.731. The summed E-state index contributed by atoms with van der Waals surface area (Å²) < 4.78 is 43.3. The van der Waals surface area contributed by atoms with E-state index in [9.17, 15) is 13.2 Å². The van der Waals surface area contributed by atoms with Gasteiger partial charge in [0.25, 0.3) is 0 Å². The maximum Gasteiger partial charge on any atom is 0.411 e. The lowest BCUT2D eigenvalue weighted by Crippen LogP contribution is -2.38. The highest BCUT2D eigenvalue weighted by Gasteiger charge is 2.27. The minimum Gasteiger partial charge on any atom is -0.367 e. The molecular weight excluding hydrogens is 484 g/mol. The third kappa shape index (κ3) is 8.09. The number of aryl methyl sites for hydroxylation is 1. The van der Waals surface area contributed by atoms with E-state index in [0.717, 1.165) is 17.2 Å². The number of aromatic nitrogens is 1. The number of nitrogens with zero attached hydrogens (tertiary/aromatic N) is 3. The van der Waals surface area contributed by atoms with Crippen LogP contribution < -0.4 is 5.32 Å². The standard InChI is InChI=1S/C19H25F3N4O.HI/c1-23-18(26(3)12-17-8-5-9-25(17)2)24-11-15-6-4-7-16(10-15)13-27-14-19(20,21)22;/h4-10H,11-14H2,1-3H3,(H,23,24);1H. The van der Waals surface area contributed by atoms with Crippen molar-refractivity contribution in [3.05, 3.63) is 59.4 Å². The Hall–Kier alpha value is -1.75. The smallest absolute Gasteiger partial charge is 0.367 e. The third-order valence-electron chi connectivity index (χ3n) is 4.00. The number of guanidine groups is 1. The molecule has 0 aliphatic carbocycles. The fourth-order valence-corrected chi connectivity index (χ4v) is 2.66. The number of alkyl halides is 3. The first-order chi connectivity index (χ1) is 12.8. The largest absolute Gasteiger partial charge is 0.411 e. The van der Waals surface area contributed by atoms with Gasteiger partial charge in [0.2, 0.25) is 0 Å². The lowest BCUT2D eigenvalue weighted by atomic mass is 10.1. The van der Waals surface area contributed by atoms with E-state index < -0.39 is 12.8 Å². The predicted octanol–water partition coefficient (Wildman–Crippen LogP) is 3.93. The molecule has 156 valence electrons. The zero-order chi connectivity index (χ0) is 19.9.